The third-order valence-corrected chi connectivity index (χ3v) is 4.74. The van der Waals surface area contributed by atoms with Crippen LogP contribution in [0.3, 0.4) is 0 Å². The Morgan fingerprint density at radius 1 is 1.03 bits per heavy atom. The summed E-state index contributed by atoms with van der Waals surface area (Å²) >= 11 is 0. The molecule has 0 fully saturated rings. The van der Waals surface area contributed by atoms with E-state index in [9.17, 15) is 9.59 Å². The predicted octanol–water partition coefficient (Wildman–Crippen LogP) is 1.69. The number of carbonyl (C=O) groups excluding carboxylic acids is 1. The van der Waals surface area contributed by atoms with E-state index in [0.717, 1.165) is 22.5 Å². The zero-order valence-corrected chi connectivity index (χ0v) is 16.7. The van der Waals surface area contributed by atoms with E-state index in [2.05, 4.69) is 15.1 Å². The van der Waals surface area contributed by atoms with Crippen molar-refractivity contribution >= 4 is 17.5 Å². The number of amides is 1. The largest absolute Gasteiger partial charge is 0.370 e. The van der Waals surface area contributed by atoms with Crippen LogP contribution in [0.1, 0.15) is 17.8 Å². The van der Waals surface area contributed by atoms with Gasteiger partial charge in [0, 0.05) is 23.4 Å². The molecule has 3 heterocycles. The number of fused-ring (bicyclic) bond motifs is 1. The Bertz CT molecular complexity index is 1300. The standard InChI is InChI=1S/C21H21N7O2/c1-12-10-15(11-13(2)24-12)17-18(14-6-4-3-5-7-14)25-20(23)28-19(17)26-27(21(28)30)9-8-16(22)29/h3-7,10-11H,8-9H2,1-2H3,(H2,22,29)(H2,23,25). The van der Waals surface area contributed by atoms with Crippen molar-refractivity contribution < 1.29 is 4.79 Å². The van der Waals surface area contributed by atoms with Crippen molar-refractivity contribution in [2.45, 2.75) is 26.8 Å². The second-order valence-corrected chi connectivity index (χ2v) is 7.08. The molecule has 0 spiro atoms. The summed E-state index contributed by atoms with van der Waals surface area (Å²) in [6, 6.07) is 13.4. The molecule has 30 heavy (non-hydrogen) atoms. The first-order valence-electron chi connectivity index (χ1n) is 9.43. The molecular formula is C21H21N7O2. The van der Waals surface area contributed by atoms with E-state index >= 15 is 0 Å². The average molecular weight is 403 g/mol. The summed E-state index contributed by atoms with van der Waals surface area (Å²) in [5.74, 6) is -0.499. The van der Waals surface area contributed by atoms with E-state index in [-0.39, 0.29) is 18.9 Å². The number of anilines is 1. The number of aromatic nitrogens is 5. The Balaban J connectivity index is 2.08. The lowest BCUT2D eigenvalue weighted by Crippen LogP contribution is -2.25. The summed E-state index contributed by atoms with van der Waals surface area (Å²) in [5.41, 5.74) is 15.9. The van der Waals surface area contributed by atoms with Crippen molar-refractivity contribution in [1.82, 2.24) is 24.1 Å². The summed E-state index contributed by atoms with van der Waals surface area (Å²) in [6.07, 6.45) is -0.00846. The van der Waals surface area contributed by atoms with E-state index in [1.165, 1.54) is 9.08 Å². The van der Waals surface area contributed by atoms with E-state index in [4.69, 9.17) is 11.5 Å². The van der Waals surface area contributed by atoms with Crippen molar-refractivity contribution in [3.8, 4) is 22.4 Å². The number of hydrogen-bond donors (Lipinski definition) is 2. The molecule has 4 aromatic rings. The molecule has 0 saturated heterocycles. The Labute approximate surface area is 172 Å². The number of aryl methyl sites for hydroxylation is 3. The van der Waals surface area contributed by atoms with Crippen LogP contribution in [0.25, 0.3) is 28.0 Å². The lowest BCUT2D eigenvalue weighted by atomic mass is 9.99. The topological polar surface area (TPSA) is 134 Å². The third kappa shape index (κ3) is 3.41. The number of rotatable bonds is 5. The van der Waals surface area contributed by atoms with Crippen LogP contribution in [0.2, 0.25) is 0 Å². The smallest absolute Gasteiger partial charge is 0.353 e. The zero-order valence-electron chi connectivity index (χ0n) is 16.7. The van der Waals surface area contributed by atoms with Crippen molar-refractivity contribution in [3.05, 3.63) is 64.3 Å². The highest BCUT2D eigenvalue weighted by molar-refractivity contribution is 5.90. The normalized spacial score (nSPS) is 11.1. The highest BCUT2D eigenvalue weighted by Crippen LogP contribution is 2.34. The van der Waals surface area contributed by atoms with Gasteiger partial charge in [0.25, 0.3) is 0 Å². The highest BCUT2D eigenvalue weighted by Gasteiger charge is 2.22. The molecule has 0 atom stereocenters. The molecule has 0 radical (unpaired) electrons. The van der Waals surface area contributed by atoms with E-state index in [0.29, 0.717) is 16.9 Å². The van der Waals surface area contributed by atoms with Gasteiger partial charge in [-0.05, 0) is 31.5 Å². The van der Waals surface area contributed by atoms with Gasteiger partial charge in [0.1, 0.15) is 0 Å². The van der Waals surface area contributed by atoms with Gasteiger partial charge in [0.2, 0.25) is 11.9 Å². The molecule has 0 aliphatic carbocycles. The fourth-order valence-corrected chi connectivity index (χ4v) is 3.51. The van der Waals surface area contributed by atoms with Gasteiger partial charge in [-0.2, -0.15) is 0 Å². The van der Waals surface area contributed by atoms with E-state index in [1.54, 1.807) is 0 Å². The van der Waals surface area contributed by atoms with Crippen LogP contribution in [0, 0.1) is 13.8 Å². The van der Waals surface area contributed by atoms with Gasteiger partial charge in [-0.1, -0.05) is 30.3 Å². The van der Waals surface area contributed by atoms with Gasteiger partial charge >= 0.3 is 5.69 Å². The molecule has 1 aromatic carbocycles. The van der Waals surface area contributed by atoms with Crippen LogP contribution in [0.15, 0.2) is 47.3 Å². The molecular weight excluding hydrogens is 382 g/mol. The van der Waals surface area contributed by atoms with E-state index < -0.39 is 11.6 Å². The van der Waals surface area contributed by atoms with Gasteiger partial charge in [0.15, 0.2) is 5.65 Å². The predicted molar refractivity (Wildman–Crippen MR) is 114 cm³/mol. The molecule has 0 aliphatic heterocycles. The van der Waals surface area contributed by atoms with E-state index in [1.807, 2.05) is 56.3 Å². The van der Waals surface area contributed by atoms with Gasteiger partial charge in [-0.3, -0.25) is 9.78 Å². The van der Waals surface area contributed by atoms with Crippen LogP contribution >= 0.6 is 0 Å². The molecule has 0 unspecified atom stereocenters. The van der Waals surface area contributed by atoms with Crippen molar-refractivity contribution in [3.63, 3.8) is 0 Å². The summed E-state index contributed by atoms with van der Waals surface area (Å²) in [5, 5.41) is 4.49. The van der Waals surface area contributed by atoms with Crippen molar-refractivity contribution in [1.29, 1.82) is 0 Å². The molecule has 1 amide bonds. The number of primary amides is 1. The van der Waals surface area contributed by atoms with Gasteiger partial charge in [-0.25, -0.2) is 18.9 Å². The third-order valence-electron chi connectivity index (χ3n) is 4.74. The van der Waals surface area contributed by atoms with Gasteiger partial charge < -0.3 is 11.5 Å². The fourth-order valence-electron chi connectivity index (χ4n) is 3.51. The second kappa shape index (κ2) is 7.43. The molecule has 0 saturated carbocycles. The van der Waals surface area contributed by atoms with Crippen LogP contribution in [0.4, 0.5) is 5.95 Å². The first-order valence-corrected chi connectivity index (χ1v) is 9.43. The number of pyridine rings is 1. The molecule has 9 nitrogen and oxygen atoms in total. The Kier molecular flexibility index (Phi) is 4.78. The van der Waals surface area contributed by atoms with Crippen LogP contribution < -0.4 is 17.2 Å². The SMILES string of the molecule is Cc1cc(-c2c(-c3ccccc3)nc(N)n3c(=O)n(CCC(N)=O)nc23)cc(C)n1. The monoisotopic (exact) mass is 403 g/mol. The van der Waals surface area contributed by atoms with Crippen LogP contribution in [-0.2, 0) is 11.3 Å². The van der Waals surface area contributed by atoms with Gasteiger partial charge in [0.05, 0.1) is 17.8 Å². The molecule has 4 N–H and O–H groups in total. The molecule has 9 heteroatoms. The minimum Gasteiger partial charge on any atom is -0.370 e. The molecule has 4 rings (SSSR count). The quantitative estimate of drug-likeness (QED) is 0.521. The Hall–Kier alpha value is -4.01. The number of nitrogens with zero attached hydrogens (tertiary/aromatic N) is 5. The Morgan fingerprint density at radius 3 is 2.33 bits per heavy atom. The molecule has 152 valence electrons. The van der Waals surface area contributed by atoms with Crippen molar-refractivity contribution in [2.75, 3.05) is 5.73 Å². The maximum absolute atomic E-state index is 12.9. The number of nitrogens with two attached hydrogens (primary N) is 2. The number of benzene rings is 1. The number of carbonyl (C=O) groups is 1. The summed E-state index contributed by atoms with van der Waals surface area (Å²) in [6.45, 7) is 3.86. The Morgan fingerprint density at radius 2 is 1.70 bits per heavy atom. The maximum atomic E-state index is 12.9. The summed E-state index contributed by atoms with van der Waals surface area (Å²) < 4.78 is 2.45. The lowest BCUT2D eigenvalue weighted by Gasteiger charge is -2.13. The fraction of sp³-hybridized carbons (Fsp3) is 0.190. The number of nitrogen functional groups attached to an aromatic ring is 1. The number of hydrogen-bond acceptors (Lipinski definition) is 6. The second-order valence-electron chi connectivity index (χ2n) is 7.08. The van der Waals surface area contributed by atoms with Crippen LogP contribution in [-0.4, -0.2) is 30.1 Å². The van der Waals surface area contributed by atoms with Crippen molar-refractivity contribution in [2.24, 2.45) is 5.73 Å². The first-order chi connectivity index (χ1) is 14.3. The lowest BCUT2D eigenvalue weighted by molar-refractivity contribution is -0.118. The van der Waals surface area contributed by atoms with Crippen LogP contribution in [0.5, 0.6) is 0 Å². The average Bonchev–Trinajstić information content (AvgIpc) is 3.03. The maximum Gasteiger partial charge on any atom is 0.353 e. The molecule has 0 bridgehead atoms. The summed E-state index contributed by atoms with van der Waals surface area (Å²) in [7, 11) is 0. The molecule has 3 aromatic heterocycles. The minimum absolute atomic E-state index is 0.00846. The minimum atomic E-state index is -0.518. The molecule has 0 aliphatic rings. The summed E-state index contributed by atoms with van der Waals surface area (Å²) in [4.78, 5) is 33.1. The zero-order chi connectivity index (χ0) is 21.4. The highest BCUT2D eigenvalue weighted by atomic mass is 16.2. The first kappa shape index (κ1) is 19.3. The van der Waals surface area contributed by atoms with Gasteiger partial charge in [-0.15, -0.1) is 5.10 Å².